The van der Waals surface area contributed by atoms with Gasteiger partial charge in [-0.2, -0.15) is 13.4 Å². The van der Waals surface area contributed by atoms with Gasteiger partial charge in [-0.25, -0.2) is 14.6 Å². The number of amides is 2. The molecule has 2 aromatic carbocycles. The summed E-state index contributed by atoms with van der Waals surface area (Å²) in [5.74, 6) is 0.344. The van der Waals surface area contributed by atoms with E-state index < -0.39 is 27.9 Å². The number of hydrogen-bond acceptors (Lipinski definition) is 10. The molecule has 1 aliphatic heterocycles. The van der Waals surface area contributed by atoms with Crippen molar-refractivity contribution in [2.45, 2.75) is 97.5 Å². The molecule has 0 aliphatic carbocycles. The van der Waals surface area contributed by atoms with Crippen LogP contribution in [0.1, 0.15) is 103 Å². The van der Waals surface area contributed by atoms with Crippen LogP contribution >= 0.6 is 0 Å². The van der Waals surface area contributed by atoms with Gasteiger partial charge in [-0.1, -0.05) is 53.7 Å². The van der Waals surface area contributed by atoms with Crippen LogP contribution in [-0.4, -0.2) is 79.3 Å². The Balaban J connectivity index is 1.69. The quantitative estimate of drug-likeness (QED) is 0.225. The van der Waals surface area contributed by atoms with Crippen LogP contribution in [0.4, 0.5) is 9.59 Å². The molecule has 4 rings (SSSR count). The fraction of sp³-hybridized carbons (Fsp3) is 0.543. The van der Waals surface area contributed by atoms with Gasteiger partial charge in [0.15, 0.2) is 11.5 Å². The van der Waals surface area contributed by atoms with Crippen molar-refractivity contribution in [3.8, 4) is 17.4 Å². The number of rotatable bonds is 8. The lowest BCUT2D eigenvalue weighted by Gasteiger charge is -2.35. The molecular weight excluding hydrogens is 636 g/mol. The molecule has 0 radical (unpaired) electrons. The molecule has 12 nitrogen and oxygen atoms in total. The Morgan fingerprint density at radius 3 is 1.81 bits per heavy atom. The number of piperazine rings is 1. The lowest BCUT2D eigenvalue weighted by atomic mass is 9.89. The van der Waals surface area contributed by atoms with Gasteiger partial charge >= 0.3 is 22.3 Å². The number of aromatic nitrogens is 2. The van der Waals surface area contributed by atoms with Crippen LogP contribution in [0.5, 0.6) is 17.4 Å². The SMILES string of the molecule is COc1cc2nc(C)nc(OS(=O)(=O)c3c(C(C)C)cc(C(C)C)cc3C(C)C)c2cc1OC(=O)N1CCN(C(=O)OC(C)(C)C)CC1. The molecule has 2 amide bonds. The molecule has 0 N–H and O–H groups in total. The van der Waals surface area contributed by atoms with Crippen molar-refractivity contribution in [2.75, 3.05) is 33.3 Å². The van der Waals surface area contributed by atoms with E-state index in [1.807, 2.05) is 39.8 Å². The third-order valence-electron chi connectivity index (χ3n) is 7.96. The Kier molecular flexibility index (Phi) is 10.8. The molecule has 1 fully saturated rings. The van der Waals surface area contributed by atoms with Crippen molar-refractivity contribution in [2.24, 2.45) is 0 Å². The molecule has 1 saturated heterocycles. The van der Waals surface area contributed by atoms with Crippen LogP contribution in [0.15, 0.2) is 29.2 Å². The molecule has 0 unspecified atom stereocenters. The average molecular weight is 685 g/mol. The van der Waals surface area contributed by atoms with E-state index >= 15 is 0 Å². The summed E-state index contributed by atoms with van der Waals surface area (Å²) in [6.45, 7) is 20.0. The first-order valence-electron chi connectivity index (χ1n) is 16.2. The maximum absolute atomic E-state index is 14.2. The predicted octanol–water partition coefficient (Wildman–Crippen LogP) is 7.14. The minimum Gasteiger partial charge on any atom is -0.493 e. The molecule has 48 heavy (non-hydrogen) atoms. The summed E-state index contributed by atoms with van der Waals surface area (Å²) in [4.78, 5) is 37.7. The summed E-state index contributed by atoms with van der Waals surface area (Å²) >= 11 is 0. The molecule has 1 aliphatic rings. The van der Waals surface area contributed by atoms with Gasteiger partial charge in [0.1, 0.15) is 16.3 Å². The van der Waals surface area contributed by atoms with E-state index in [1.165, 1.54) is 18.1 Å². The van der Waals surface area contributed by atoms with E-state index in [-0.39, 0.29) is 77.4 Å². The summed E-state index contributed by atoms with van der Waals surface area (Å²) in [5, 5.41) is 0.221. The number of nitrogens with zero attached hydrogens (tertiary/aromatic N) is 4. The second-order valence-corrected chi connectivity index (χ2v) is 15.4. The van der Waals surface area contributed by atoms with Crippen molar-refractivity contribution >= 4 is 33.2 Å². The number of fused-ring (bicyclic) bond motifs is 1. The summed E-state index contributed by atoms with van der Waals surface area (Å²) in [5.41, 5.74) is 2.11. The van der Waals surface area contributed by atoms with Crippen LogP contribution in [0.3, 0.4) is 0 Å². The Morgan fingerprint density at radius 2 is 1.33 bits per heavy atom. The molecule has 3 aromatic rings. The first kappa shape index (κ1) is 36.7. The number of hydrogen-bond donors (Lipinski definition) is 0. The fourth-order valence-electron chi connectivity index (χ4n) is 5.40. The molecule has 0 bridgehead atoms. The van der Waals surface area contributed by atoms with Crippen LogP contribution in [0.2, 0.25) is 0 Å². The molecule has 13 heteroatoms. The number of carbonyl (C=O) groups excluding carboxylic acids is 2. The molecule has 1 aromatic heterocycles. The molecule has 0 saturated carbocycles. The van der Waals surface area contributed by atoms with Crippen molar-refractivity contribution in [3.63, 3.8) is 0 Å². The molecular formula is C35H48N4O8S. The Labute approximate surface area is 283 Å². The van der Waals surface area contributed by atoms with Gasteiger partial charge in [0, 0.05) is 32.2 Å². The fourth-order valence-corrected chi connectivity index (χ4v) is 6.99. The summed E-state index contributed by atoms with van der Waals surface area (Å²) < 4.78 is 51.0. The molecule has 2 heterocycles. The molecule has 262 valence electrons. The monoisotopic (exact) mass is 684 g/mol. The van der Waals surface area contributed by atoms with Gasteiger partial charge in [-0.05, 0) is 68.2 Å². The Hall–Kier alpha value is -4.13. The normalized spacial score (nSPS) is 14.2. The second kappa shape index (κ2) is 14.2. The van der Waals surface area contributed by atoms with Gasteiger partial charge in [-0.15, -0.1) is 0 Å². The second-order valence-electron chi connectivity index (χ2n) is 13.9. The highest BCUT2D eigenvalue weighted by Crippen LogP contribution is 2.39. The van der Waals surface area contributed by atoms with Crippen LogP contribution in [0, 0.1) is 6.92 Å². The smallest absolute Gasteiger partial charge is 0.415 e. The number of ether oxygens (including phenoxy) is 3. The third-order valence-corrected chi connectivity index (χ3v) is 9.31. The number of carbonyl (C=O) groups is 2. The Morgan fingerprint density at radius 1 is 0.792 bits per heavy atom. The van der Waals surface area contributed by atoms with Gasteiger partial charge in [0.05, 0.1) is 18.0 Å². The van der Waals surface area contributed by atoms with Gasteiger partial charge in [0.25, 0.3) is 0 Å². The summed E-state index contributed by atoms with van der Waals surface area (Å²) in [7, 11) is -2.96. The highest BCUT2D eigenvalue weighted by molar-refractivity contribution is 7.87. The highest BCUT2D eigenvalue weighted by Gasteiger charge is 2.32. The maximum atomic E-state index is 14.2. The van der Waals surface area contributed by atoms with Crippen molar-refractivity contribution in [1.82, 2.24) is 19.8 Å². The third kappa shape index (κ3) is 8.29. The number of methoxy groups -OCH3 is 1. The number of aryl methyl sites for hydroxylation is 1. The van der Waals surface area contributed by atoms with Crippen LogP contribution in [0.25, 0.3) is 10.9 Å². The average Bonchev–Trinajstić information content (AvgIpc) is 2.99. The Bertz CT molecular complexity index is 1760. The van der Waals surface area contributed by atoms with Gasteiger partial charge in [-0.3, -0.25) is 0 Å². The zero-order chi connectivity index (χ0) is 35.7. The molecule has 0 spiro atoms. The first-order valence-corrected chi connectivity index (χ1v) is 17.6. The minimum atomic E-state index is -4.39. The maximum Gasteiger partial charge on any atom is 0.415 e. The summed E-state index contributed by atoms with van der Waals surface area (Å²) in [6.07, 6.45) is -1.10. The zero-order valence-corrected chi connectivity index (χ0v) is 30.6. The zero-order valence-electron chi connectivity index (χ0n) is 29.8. The van der Waals surface area contributed by atoms with Gasteiger partial charge < -0.3 is 28.2 Å². The van der Waals surface area contributed by atoms with Crippen LogP contribution in [-0.2, 0) is 14.9 Å². The first-order chi connectivity index (χ1) is 22.3. The molecule has 0 atom stereocenters. The van der Waals surface area contributed by atoms with E-state index in [2.05, 4.69) is 23.8 Å². The topological polar surface area (TPSA) is 137 Å². The van der Waals surface area contributed by atoms with E-state index in [1.54, 1.807) is 38.7 Å². The number of benzene rings is 2. The van der Waals surface area contributed by atoms with Crippen molar-refractivity contribution in [3.05, 3.63) is 46.8 Å². The van der Waals surface area contributed by atoms with Gasteiger partial charge in [0.2, 0.25) is 5.88 Å². The largest absolute Gasteiger partial charge is 0.493 e. The minimum absolute atomic E-state index is 0.0336. The predicted molar refractivity (Wildman–Crippen MR) is 183 cm³/mol. The summed E-state index contributed by atoms with van der Waals surface area (Å²) in [6, 6.07) is 6.87. The highest BCUT2D eigenvalue weighted by atomic mass is 32.2. The van der Waals surface area contributed by atoms with E-state index in [0.29, 0.717) is 16.6 Å². The standard InChI is InChI=1S/C35H48N4O8S/c1-20(2)24-16-25(21(3)4)31(26(17-24)22(5)6)48(42,43)47-32-27-18-30(29(44-11)19-28(27)36-23(7)37-32)45-33(40)38-12-14-39(15-13-38)34(41)46-35(8,9)10/h16-22H,12-15H2,1-11H3. The lowest BCUT2D eigenvalue weighted by molar-refractivity contribution is 0.0154. The lowest BCUT2D eigenvalue weighted by Crippen LogP contribution is -2.52. The van der Waals surface area contributed by atoms with E-state index in [4.69, 9.17) is 18.4 Å². The van der Waals surface area contributed by atoms with Crippen molar-refractivity contribution in [1.29, 1.82) is 0 Å². The van der Waals surface area contributed by atoms with Crippen molar-refractivity contribution < 1.29 is 36.4 Å². The van der Waals surface area contributed by atoms with E-state index in [9.17, 15) is 18.0 Å². The van der Waals surface area contributed by atoms with Crippen LogP contribution < -0.4 is 13.7 Å². The van der Waals surface area contributed by atoms with E-state index in [0.717, 1.165) is 5.56 Å².